The Hall–Kier alpha value is -2.44. The van der Waals surface area contributed by atoms with E-state index in [1.807, 2.05) is 0 Å². The summed E-state index contributed by atoms with van der Waals surface area (Å²) in [6.07, 6.45) is -0.0407. The van der Waals surface area contributed by atoms with E-state index >= 15 is 0 Å². The second-order valence-electron chi connectivity index (χ2n) is 4.03. The van der Waals surface area contributed by atoms with E-state index in [2.05, 4.69) is 22.6 Å². The maximum Gasteiger partial charge on any atom is 0.333 e. The molecular weight excluding hydrogens is 280 g/mol. The van der Waals surface area contributed by atoms with Crippen LogP contribution in [0.15, 0.2) is 24.3 Å². The summed E-state index contributed by atoms with van der Waals surface area (Å²) in [6, 6.07) is 0. The maximum atomic E-state index is 10.9. The molecule has 0 fully saturated rings. The lowest BCUT2D eigenvalue weighted by atomic mass is 10.2. The number of ketones is 1. The van der Waals surface area contributed by atoms with Crippen LogP contribution in [0.2, 0.25) is 0 Å². The molecule has 7 nitrogen and oxygen atoms in total. The summed E-state index contributed by atoms with van der Waals surface area (Å²) < 4.78 is 9.09. The maximum absolute atomic E-state index is 10.9. The third kappa shape index (κ3) is 13.8. The van der Waals surface area contributed by atoms with Crippen molar-refractivity contribution in [3.05, 3.63) is 24.3 Å². The van der Waals surface area contributed by atoms with Crippen LogP contribution < -0.4 is 0 Å². The molecule has 0 aliphatic rings. The summed E-state index contributed by atoms with van der Waals surface area (Å²) in [5, 5.41) is 7.89. The zero-order chi connectivity index (χ0) is 17.0. The average molecular weight is 300 g/mol. The van der Waals surface area contributed by atoms with Crippen molar-refractivity contribution >= 4 is 23.7 Å². The van der Waals surface area contributed by atoms with E-state index in [1.165, 1.54) is 21.0 Å². The molecule has 0 atom stereocenters. The molecule has 0 unspecified atom stereocenters. The lowest BCUT2D eigenvalue weighted by Crippen LogP contribution is -2.12. The van der Waals surface area contributed by atoms with Crippen molar-refractivity contribution in [3.63, 3.8) is 0 Å². The predicted molar refractivity (Wildman–Crippen MR) is 74.5 cm³/mol. The van der Waals surface area contributed by atoms with Crippen molar-refractivity contribution in [3.8, 4) is 0 Å². The minimum absolute atomic E-state index is 0.0278. The lowest BCUT2D eigenvalue weighted by Gasteiger charge is -2.04. The predicted octanol–water partition coefficient (Wildman–Crippen LogP) is 1.28. The fourth-order valence-corrected chi connectivity index (χ4v) is 0.789. The van der Waals surface area contributed by atoms with Crippen LogP contribution in [-0.2, 0) is 28.7 Å². The van der Waals surface area contributed by atoms with Gasteiger partial charge in [0.2, 0.25) is 0 Å². The molecule has 1 N–H and O–H groups in total. The molecule has 0 saturated carbocycles. The van der Waals surface area contributed by atoms with Gasteiger partial charge in [0.25, 0.3) is 0 Å². The van der Waals surface area contributed by atoms with Gasteiger partial charge in [-0.1, -0.05) is 13.2 Å². The molecular formula is C14H20O7. The second-order valence-corrected chi connectivity index (χ2v) is 4.03. The molecule has 0 spiro atoms. The van der Waals surface area contributed by atoms with Gasteiger partial charge in [-0.3, -0.25) is 9.59 Å². The van der Waals surface area contributed by atoms with Crippen LogP contribution in [0.3, 0.4) is 0 Å². The fraction of sp³-hybridized carbons (Fsp3) is 0.429. The standard InChI is InChI=1S/C10H14O5.C4H6O2/c1-7(10(13)14-3)4-5-15-9(12)6-8(2)11;1-3(2)4(5)6/h1,4-6H2,2-3H3;1H2,2H3,(H,5,6). The number of Topliss-reactive ketones (excluding diaryl/α,β-unsaturated/α-hetero) is 1. The number of esters is 2. The van der Waals surface area contributed by atoms with Gasteiger partial charge in [-0.2, -0.15) is 0 Å². The molecule has 0 bridgehead atoms. The van der Waals surface area contributed by atoms with Gasteiger partial charge in [0.15, 0.2) is 0 Å². The minimum Gasteiger partial charge on any atom is -0.478 e. The normalized spacial score (nSPS) is 8.71. The Morgan fingerprint density at radius 3 is 1.90 bits per heavy atom. The highest BCUT2D eigenvalue weighted by Crippen LogP contribution is 2.01. The molecule has 21 heavy (non-hydrogen) atoms. The minimum atomic E-state index is -0.935. The van der Waals surface area contributed by atoms with Gasteiger partial charge < -0.3 is 14.6 Å². The second kappa shape index (κ2) is 11.4. The number of hydrogen-bond acceptors (Lipinski definition) is 6. The molecule has 0 saturated heterocycles. The molecule has 0 amide bonds. The van der Waals surface area contributed by atoms with Gasteiger partial charge in [-0.25, -0.2) is 9.59 Å². The molecule has 0 radical (unpaired) electrons. The van der Waals surface area contributed by atoms with E-state index in [4.69, 9.17) is 5.11 Å². The Morgan fingerprint density at radius 2 is 1.57 bits per heavy atom. The van der Waals surface area contributed by atoms with Crippen molar-refractivity contribution in [2.75, 3.05) is 13.7 Å². The van der Waals surface area contributed by atoms with Crippen LogP contribution in [0.1, 0.15) is 26.7 Å². The van der Waals surface area contributed by atoms with E-state index in [9.17, 15) is 19.2 Å². The van der Waals surface area contributed by atoms with Gasteiger partial charge in [0.1, 0.15) is 12.2 Å². The van der Waals surface area contributed by atoms with Crippen molar-refractivity contribution in [1.82, 2.24) is 0 Å². The number of hydrogen-bond donors (Lipinski definition) is 1. The van der Waals surface area contributed by atoms with Crippen LogP contribution in [0.4, 0.5) is 0 Å². The smallest absolute Gasteiger partial charge is 0.333 e. The Balaban J connectivity index is 0. The molecule has 0 heterocycles. The topological polar surface area (TPSA) is 107 Å². The molecule has 0 aromatic heterocycles. The van der Waals surface area contributed by atoms with E-state index < -0.39 is 17.9 Å². The number of rotatable bonds is 7. The first kappa shape index (κ1) is 20.9. The Morgan fingerprint density at radius 1 is 1.10 bits per heavy atom. The number of aliphatic carboxylic acids is 1. The molecule has 118 valence electrons. The van der Waals surface area contributed by atoms with Gasteiger partial charge in [-0.15, -0.1) is 0 Å². The van der Waals surface area contributed by atoms with E-state index in [1.54, 1.807) is 0 Å². The van der Waals surface area contributed by atoms with Crippen molar-refractivity contribution in [1.29, 1.82) is 0 Å². The van der Waals surface area contributed by atoms with Gasteiger partial charge in [0.05, 0.1) is 13.7 Å². The van der Waals surface area contributed by atoms with Crippen LogP contribution in [0.25, 0.3) is 0 Å². The van der Waals surface area contributed by atoms with Gasteiger partial charge >= 0.3 is 17.9 Å². The summed E-state index contributed by atoms with van der Waals surface area (Å²) in [7, 11) is 1.25. The molecule has 0 rings (SSSR count). The quantitative estimate of drug-likeness (QED) is 0.428. The highest BCUT2D eigenvalue weighted by molar-refractivity contribution is 5.94. The molecule has 0 aromatic carbocycles. The number of carboxylic acid groups (broad SMARTS) is 1. The van der Waals surface area contributed by atoms with Crippen LogP contribution in [-0.4, -0.2) is 42.5 Å². The third-order valence-corrected chi connectivity index (χ3v) is 1.90. The Labute approximate surface area is 123 Å². The summed E-state index contributed by atoms with van der Waals surface area (Å²) in [5.41, 5.74) is 0.406. The van der Waals surface area contributed by atoms with Crippen LogP contribution >= 0.6 is 0 Å². The number of carboxylic acids is 1. The largest absolute Gasteiger partial charge is 0.478 e. The number of ether oxygens (including phenoxy) is 2. The lowest BCUT2D eigenvalue weighted by molar-refractivity contribution is -0.146. The molecule has 7 heteroatoms. The summed E-state index contributed by atoms with van der Waals surface area (Å²) in [6.45, 7) is 9.38. The Kier molecular flexibility index (Phi) is 11.3. The first-order chi connectivity index (χ1) is 9.61. The molecule has 0 aromatic rings. The molecule has 0 aliphatic heterocycles. The summed E-state index contributed by atoms with van der Waals surface area (Å²) >= 11 is 0. The van der Waals surface area contributed by atoms with Crippen LogP contribution in [0.5, 0.6) is 0 Å². The third-order valence-electron chi connectivity index (χ3n) is 1.90. The monoisotopic (exact) mass is 300 g/mol. The van der Waals surface area contributed by atoms with E-state index in [0.29, 0.717) is 0 Å². The zero-order valence-corrected chi connectivity index (χ0v) is 12.4. The number of carbonyl (C=O) groups is 4. The average Bonchev–Trinajstić information content (AvgIpc) is 2.37. The molecule has 0 aliphatic carbocycles. The number of methoxy groups -OCH3 is 1. The highest BCUT2D eigenvalue weighted by atomic mass is 16.5. The first-order valence-electron chi connectivity index (χ1n) is 5.91. The van der Waals surface area contributed by atoms with E-state index in [0.717, 1.165) is 0 Å². The van der Waals surface area contributed by atoms with Crippen molar-refractivity contribution in [2.45, 2.75) is 26.7 Å². The zero-order valence-electron chi connectivity index (χ0n) is 12.4. The van der Waals surface area contributed by atoms with Crippen molar-refractivity contribution < 1.29 is 33.8 Å². The summed E-state index contributed by atoms with van der Waals surface area (Å²) in [4.78, 5) is 41.8. The van der Waals surface area contributed by atoms with E-state index in [-0.39, 0.29) is 36.4 Å². The van der Waals surface area contributed by atoms with Gasteiger partial charge in [-0.05, 0) is 13.8 Å². The number of carbonyl (C=O) groups excluding carboxylic acids is 3. The SMILES string of the molecule is C=C(C)C(=O)O.C=C(CCOC(=O)CC(C)=O)C(=O)OC. The highest BCUT2D eigenvalue weighted by Gasteiger charge is 2.09. The fourth-order valence-electron chi connectivity index (χ4n) is 0.789. The van der Waals surface area contributed by atoms with Crippen molar-refractivity contribution in [2.24, 2.45) is 0 Å². The summed E-state index contributed by atoms with van der Waals surface area (Å²) in [5.74, 6) is -2.32. The first-order valence-corrected chi connectivity index (χ1v) is 5.91. The Bertz CT molecular complexity index is 423. The van der Waals surface area contributed by atoms with Gasteiger partial charge in [0, 0.05) is 17.6 Å². The van der Waals surface area contributed by atoms with Crippen LogP contribution in [0, 0.1) is 0 Å².